The number of nitrogens with zero attached hydrogens (tertiary/aromatic N) is 1. The smallest absolute Gasteiger partial charge is 0.329 e. The lowest BCUT2D eigenvalue weighted by Crippen LogP contribution is -2.65. The fourth-order valence-corrected chi connectivity index (χ4v) is 3.56. The molecular weight excluding hydrogens is 516 g/mol. The van der Waals surface area contributed by atoms with Crippen molar-refractivity contribution in [2.45, 2.75) is 50.6 Å². The maximum atomic E-state index is 12.4. The van der Waals surface area contributed by atoms with Gasteiger partial charge in [0.25, 0.3) is 0 Å². The van der Waals surface area contributed by atoms with Gasteiger partial charge in [-0.15, -0.1) is 0 Å². The van der Waals surface area contributed by atoms with Gasteiger partial charge in [0.1, 0.15) is 31.0 Å². The van der Waals surface area contributed by atoms with E-state index in [0.29, 0.717) is 0 Å². The number of amides is 1. The van der Waals surface area contributed by atoms with Gasteiger partial charge in [-0.3, -0.25) is 9.79 Å². The van der Waals surface area contributed by atoms with Gasteiger partial charge in [0.2, 0.25) is 5.91 Å². The predicted octanol–water partition coefficient (Wildman–Crippen LogP) is -0.294. The third-order valence-electron chi connectivity index (χ3n) is 4.83. The van der Waals surface area contributed by atoms with Crippen LogP contribution in [0.3, 0.4) is 0 Å². The monoisotopic (exact) mass is 546 g/mol. The van der Waals surface area contributed by atoms with E-state index in [0.717, 1.165) is 10.0 Å². The number of carbonyl (C=O) groups is 2. The topological polar surface area (TPSA) is 188 Å². The molecule has 5 atom stereocenters. The second-order valence-electron chi connectivity index (χ2n) is 7.45. The summed E-state index contributed by atoms with van der Waals surface area (Å²) < 4.78 is 23.6. The van der Waals surface area contributed by atoms with Crippen LogP contribution in [-0.4, -0.2) is 85.1 Å². The van der Waals surface area contributed by atoms with Gasteiger partial charge in [-0.25, -0.2) is 4.79 Å². The van der Waals surface area contributed by atoms with Gasteiger partial charge < -0.3 is 45.9 Å². The number of carbonyl (C=O) groups excluding carboxylic acids is 1. The van der Waals surface area contributed by atoms with Crippen LogP contribution in [-0.2, 0) is 35.1 Å². The maximum absolute atomic E-state index is 12.4. The highest BCUT2D eigenvalue weighted by Gasteiger charge is 2.47. The molecule has 0 radical (unpaired) electrons. The second-order valence-corrected chi connectivity index (χ2v) is 8.37. The Morgan fingerprint density at radius 1 is 1.24 bits per heavy atom. The average molecular weight is 547 g/mol. The minimum atomic E-state index is -1.30. The molecule has 1 aromatic carbocycles. The SMILES string of the molecule is CCO[C@H]1O[C@H](COCc2ccc(Br)cc2)[C@@H](O)[C@H](OCC(=O)O)[C@H]1NC(=O)CCN=C(N)N. The molecular formula is C21H31BrN4O8. The number of hydrogen-bond donors (Lipinski definition) is 5. The predicted molar refractivity (Wildman–Crippen MR) is 125 cm³/mol. The number of halogens is 1. The molecule has 34 heavy (non-hydrogen) atoms. The van der Waals surface area contributed by atoms with Crippen LogP contribution in [0.1, 0.15) is 18.9 Å². The summed E-state index contributed by atoms with van der Waals surface area (Å²) in [7, 11) is 0. The van der Waals surface area contributed by atoms with Crippen LogP contribution >= 0.6 is 15.9 Å². The maximum Gasteiger partial charge on any atom is 0.329 e. The number of benzene rings is 1. The normalized spacial score (nSPS) is 24.4. The minimum absolute atomic E-state index is 0.0150. The average Bonchev–Trinajstić information content (AvgIpc) is 2.77. The number of nitrogens with one attached hydrogen (secondary N) is 1. The largest absolute Gasteiger partial charge is 0.480 e. The van der Waals surface area contributed by atoms with E-state index in [1.807, 2.05) is 24.3 Å². The van der Waals surface area contributed by atoms with Crippen molar-refractivity contribution in [3.8, 4) is 0 Å². The van der Waals surface area contributed by atoms with Crippen LogP contribution in [0.25, 0.3) is 0 Å². The molecule has 0 spiro atoms. The number of aliphatic imine (C=N–C) groups is 1. The van der Waals surface area contributed by atoms with E-state index >= 15 is 0 Å². The van der Waals surface area contributed by atoms with Crippen molar-refractivity contribution >= 4 is 33.8 Å². The molecule has 1 aliphatic heterocycles. The van der Waals surface area contributed by atoms with Crippen LogP contribution in [0.5, 0.6) is 0 Å². The van der Waals surface area contributed by atoms with E-state index in [-0.39, 0.29) is 38.7 Å². The highest BCUT2D eigenvalue weighted by molar-refractivity contribution is 9.10. The molecule has 1 aliphatic rings. The molecule has 190 valence electrons. The number of rotatable bonds is 13. The first-order valence-electron chi connectivity index (χ1n) is 10.7. The summed E-state index contributed by atoms with van der Waals surface area (Å²) in [6.45, 7) is 1.59. The van der Waals surface area contributed by atoms with Crippen molar-refractivity contribution in [1.82, 2.24) is 5.32 Å². The Morgan fingerprint density at radius 2 is 1.94 bits per heavy atom. The molecule has 1 saturated heterocycles. The fraction of sp³-hybridized carbons (Fsp3) is 0.571. The summed E-state index contributed by atoms with van der Waals surface area (Å²) in [6.07, 6.45) is -4.38. The Morgan fingerprint density at radius 3 is 2.56 bits per heavy atom. The van der Waals surface area contributed by atoms with Crippen LogP contribution in [0.2, 0.25) is 0 Å². The molecule has 0 aliphatic carbocycles. The number of ether oxygens (including phenoxy) is 4. The third kappa shape index (κ3) is 9.16. The molecule has 1 fully saturated rings. The van der Waals surface area contributed by atoms with E-state index < -0.39 is 49.1 Å². The number of aliphatic carboxylic acids is 1. The van der Waals surface area contributed by atoms with Crippen LogP contribution < -0.4 is 16.8 Å². The van der Waals surface area contributed by atoms with E-state index in [1.165, 1.54) is 0 Å². The summed E-state index contributed by atoms with van der Waals surface area (Å²) in [5.41, 5.74) is 11.4. The van der Waals surface area contributed by atoms with Crippen molar-refractivity contribution in [2.24, 2.45) is 16.5 Å². The first-order chi connectivity index (χ1) is 16.2. The van der Waals surface area contributed by atoms with Gasteiger partial charge in [-0.2, -0.15) is 0 Å². The number of nitrogens with two attached hydrogens (primary N) is 2. The summed E-state index contributed by atoms with van der Waals surface area (Å²) in [6, 6.07) is 6.55. The van der Waals surface area contributed by atoms with E-state index in [2.05, 4.69) is 26.2 Å². The van der Waals surface area contributed by atoms with Crippen LogP contribution in [0.15, 0.2) is 33.7 Å². The van der Waals surface area contributed by atoms with E-state index in [1.54, 1.807) is 6.92 Å². The lowest BCUT2D eigenvalue weighted by Gasteiger charge is -2.44. The summed E-state index contributed by atoms with van der Waals surface area (Å²) in [5, 5.41) is 22.6. The number of carboxylic acids is 1. The molecule has 7 N–H and O–H groups in total. The molecule has 1 aromatic rings. The molecule has 13 heteroatoms. The summed E-state index contributed by atoms with van der Waals surface area (Å²) in [5.74, 6) is -1.83. The van der Waals surface area contributed by atoms with E-state index in [4.69, 9.17) is 35.5 Å². The number of guanidine groups is 1. The molecule has 12 nitrogen and oxygen atoms in total. The Balaban J connectivity index is 2.09. The van der Waals surface area contributed by atoms with Gasteiger partial charge in [0.05, 0.1) is 19.8 Å². The Kier molecular flexibility index (Phi) is 11.7. The van der Waals surface area contributed by atoms with Gasteiger partial charge >= 0.3 is 5.97 Å². The summed E-state index contributed by atoms with van der Waals surface area (Å²) in [4.78, 5) is 27.3. The molecule has 0 aromatic heterocycles. The first-order valence-corrected chi connectivity index (χ1v) is 11.5. The van der Waals surface area contributed by atoms with Gasteiger partial charge in [0, 0.05) is 17.5 Å². The Bertz CT molecular complexity index is 821. The minimum Gasteiger partial charge on any atom is -0.480 e. The highest BCUT2D eigenvalue weighted by atomic mass is 79.9. The molecule has 2 rings (SSSR count). The van der Waals surface area contributed by atoms with Crippen LogP contribution in [0.4, 0.5) is 0 Å². The third-order valence-corrected chi connectivity index (χ3v) is 5.36. The van der Waals surface area contributed by atoms with Crippen molar-refractivity contribution < 1.29 is 38.7 Å². The van der Waals surface area contributed by atoms with Crippen molar-refractivity contribution in [3.05, 3.63) is 34.3 Å². The molecule has 1 amide bonds. The Labute approximate surface area is 205 Å². The number of aliphatic hydroxyl groups is 1. The molecule has 0 saturated carbocycles. The van der Waals surface area contributed by atoms with Crippen molar-refractivity contribution in [3.63, 3.8) is 0 Å². The lowest BCUT2D eigenvalue weighted by atomic mass is 9.96. The lowest BCUT2D eigenvalue weighted by molar-refractivity contribution is -0.278. The number of aliphatic hydroxyl groups excluding tert-OH is 1. The van der Waals surface area contributed by atoms with Crippen molar-refractivity contribution in [2.75, 3.05) is 26.4 Å². The Hall–Kier alpha value is -2.29. The zero-order valence-electron chi connectivity index (χ0n) is 18.8. The molecule has 0 bridgehead atoms. The second kappa shape index (κ2) is 14.2. The highest BCUT2D eigenvalue weighted by Crippen LogP contribution is 2.25. The molecule has 0 unspecified atom stereocenters. The number of hydrogen-bond acceptors (Lipinski definition) is 8. The van der Waals surface area contributed by atoms with E-state index in [9.17, 15) is 14.7 Å². The zero-order chi connectivity index (χ0) is 25.1. The van der Waals surface area contributed by atoms with Crippen LogP contribution in [0, 0.1) is 0 Å². The van der Waals surface area contributed by atoms with Gasteiger partial charge in [-0.1, -0.05) is 28.1 Å². The first kappa shape index (κ1) is 28.0. The number of carboxylic acid groups (broad SMARTS) is 1. The fourth-order valence-electron chi connectivity index (χ4n) is 3.30. The zero-order valence-corrected chi connectivity index (χ0v) is 20.3. The van der Waals surface area contributed by atoms with Crippen molar-refractivity contribution in [1.29, 1.82) is 0 Å². The van der Waals surface area contributed by atoms with Gasteiger partial charge in [0.15, 0.2) is 12.2 Å². The quantitative estimate of drug-likeness (QED) is 0.162. The summed E-state index contributed by atoms with van der Waals surface area (Å²) >= 11 is 3.37. The van der Waals surface area contributed by atoms with Gasteiger partial charge in [-0.05, 0) is 24.6 Å². The molecule has 1 heterocycles. The standard InChI is InChI=1S/C21H31BrN4O8/c1-2-32-20-17(26-15(27)7-8-25-21(23)24)19(33-11-16(28)29)18(30)14(34-20)10-31-9-12-3-5-13(22)6-4-12/h3-6,14,17-20,30H,2,7-11H2,1H3,(H,26,27)(H,28,29)(H4,23,24,25)/t14-,17-,18-,19-,20+/m1/s1.